The molecule has 0 N–H and O–H groups in total. The van der Waals surface area contributed by atoms with E-state index >= 15 is 0 Å². The molecule has 0 bridgehead atoms. The van der Waals surface area contributed by atoms with Crippen molar-refractivity contribution in [2.45, 2.75) is 40.0 Å². The van der Waals surface area contributed by atoms with Gasteiger partial charge in [-0.2, -0.15) is 0 Å². The van der Waals surface area contributed by atoms with Gasteiger partial charge in [0.1, 0.15) is 4.88 Å². The van der Waals surface area contributed by atoms with Crippen molar-refractivity contribution in [1.29, 1.82) is 0 Å². The number of methoxy groups -OCH3 is 1. The SMILES string of the molecule is COCCN(CCCc1ccccc1)C(=O)c1sc(CC(C)C)nc1C. The molecule has 0 aliphatic carbocycles. The number of aryl methyl sites for hydroxylation is 2. The summed E-state index contributed by atoms with van der Waals surface area (Å²) in [5.74, 6) is 0.624. The minimum absolute atomic E-state index is 0.0834. The molecule has 0 spiro atoms. The summed E-state index contributed by atoms with van der Waals surface area (Å²) in [5, 5.41) is 1.05. The molecule has 0 saturated heterocycles. The Morgan fingerprint density at radius 3 is 2.62 bits per heavy atom. The molecule has 0 unspecified atom stereocenters. The van der Waals surface area contributed by atoms with Crippen molar-refractivity contribution in [3.63, 3.8) is 0 Å². The van der Waals surface area contributed by atoms with Gasteiger partial charge in [0.05, 0.1) is 17.3 Å². The minimum Gasteiger partial charge on any atom is -0.383 e. The van der Waals surface area contributed by atoms with Gasteiger partial charge in [-0.3, -0.25) is 4.79 Å². The highest BCUT2D eigenvalue weighted by atomic mass is 32.1. The maximum atomic E-state index is 13.1. The Labute approximate surface area is 161 Å². The molecule has 0 aliphatic rings. The Kier molecular flexibility index (Phi) is 8.26. The van der Waals surface area contributed by atoms with E-state index in [1.807, 2.05) is 17.9 Å². The van der Waals surface area contributed by atoms with Crippen LogP contribution >= 0.6 is 11.3 Å². The second-order valence-electron chi connectivity index (χ2n) is 6.99. The average Bonchev–Trinajstić information content (AvgIpc) is 2.97. The van der Waals surface area contributed by atoms with Gasteiger partial charge in [0, 0.05) is 26.6 Å². The van der Waals surface area contributed by atoms with E-state index in [-0.39, 0.29) is 5.91 Å². The number of carbonyl (C=O) groups is 1. The fraction of sp³-hybridized carbons (Fsp3) is 0.524. The number of hydrogen-bond donors (Lipinski definition) is 0. The van der Waals surface area contributed by atoms with Crippen molar-refractivity contribution in [1.82, 2.24) is 9.88 Å². The zero-order chi connectivity index (χ0) is 18.9. The zero-order valence-electron chi connectivity index (χ0n) is 16.3. The van der Waals surface area contributed by atoms with Crippen LogP contribution in [0.4, 0.5) is 0 Å². The summed E-state index contributed by atoms with van der Waals surface area (Å²) in [4.78, 5) is 20.3. The molecule has 1 aromatic carbocycles. The molecule has 4 nitrogen and oxygen atoms in total. The van der Waals surface area contributed by atoms with Gasteiger partial charge in [-0.05, 0) is 31.2 Å². The van der Waals surface area contributed by atoms with Gasteiger partial charge in [-0.25, -0.2) is 4.98 Å². The maximum Gasteiger partial charge on any atom is 0.265 e. The number of thiazole rings is 1. The fourth-order valence-corrected chi connectivity index (χ4v) is 4.11. The second-order valence-corrected chi connectivity index (χ2v) is 8.08. The zero-order valence-corrected chi connectivity index (χ0v) is 17.1. The summed E-state index contributed by atoms with van der Waals surface area (Å²) in [6.45, 7) is 8.17. The van der Waals surface area contributed by atoms with Crippen LogP contribution in [0.25, 0.3) is 0 Å². The van der Waals surface area contributed by atoms with Crippen LogP contribution in [-0.2, 0) is 17.6 Å². The van der Waals surface area contributed by atoms with Gasteiger partial charge >= 0.3 is 0 Å². The van der Waals surface area contributed by atoms with E-state index in [9.17, 15) is 4.79 Å². The smallest absolute Gasteiger partial charge is 0.265 e. The highest BCUT2D eigenvalue weighted by molar-refractivity contribution is 7.13. The van der Waals surface area contributed by atoms with E-state index < -0.39 is 0 Å². The topological polar surface area (TPSA) is 42.4 Å². The molecule has 1 heterocycles. The molecule has 0 fully saturated rings. The highest BCUT2D eigenvalue weighted by Crippen LogP contribution is 2.22. The standard InChI is InChI=1S/C21H30N2O2S/c1-16(2)15-19-22-17(3)20(26-19)21(24)23(13-14-25-4)12-8-11-18-9-6-5-7-10-18/h5-7,9-10,16H,8,11-15H2,1-4H3. The van der Waals surface area contributed by atoms with E-state index in [1.54, 1.807) is 18.4 Å². The quantitative estimate of drug-likeness (QED) is 0.620. The lowest BCUT2D eigenvalue weighted by Crippen LogP contribution is -2.35. The monoisotopic (exact) mass is 374 g/mol. The van der Waals surface area contributed by atoms with E-state index in [0.29, 0.717) is 19.1 Å². The van der Waals surface area contributed by atoms with Crippen molar-refractivity contribution in [2.24, 2.45) is 5.92 Å². The van der Waals surface area contributed by atoms with E-state index in [0.717, 1.165) is 41.4 Å². The summed E-state index contributed by atoms with van der Waals surface area (Å²) < 4.78 is 5.20. The molecule has 0 saturated carbocycles. The number of hydrogen-bond acceptors (Lipinski definition) is 4. The summed E-state index contributed by atoms with van der Waals surface area (Å²) in [5.41, 5.74) is 2.15. The normalized spacial score (nSPS) is 11.1. The first-order chi connectivity index (χ1) is 12.5. The number of aromatic nitrogens is 1. The molecule has 0 atom stereocenters. The Morgan fingerprint density at radius 2 is 1.96 bits per heavy atom. The lowest BCUT2D eigenvalue weighted by atomic mass is 10.1. The molecule has 5 heteroatoms. The predicted octanol–water partition coefficient (Wildman–Crippen LogP) is 4.37. The Bertz CT molecular complexity index is 683. The van der Waals surface area contributed by atoms with E-state index in [4.69, 9.17) is 4.74 Å². The maximum absolute atomic E-state index is 13.1. The number of rotatable bonds is 10. The second kappa shape index (κ2) is 10.4. The van der Waals surface area contributed by atoms with Gasteiger partial charge in [-0.1, -0.05) is 44.2 Å². The van der Waals surface area contributed by atoms with Gasteiger partial charge < -0.3 is 9.64 Å². The van der Waals surface area contributed by atoms with Crippen LogP contribution in [0.1, 0.15) is 46.2 Å². The van der Waals surface area contributed by atoms with Crippen LogP contribution in [0.15, 0.2) is 30.3 Å². The molecule has 2 rings (SSSR count). The van der Waals surface area contributed by atoms with Crippen LogP contribution in [0.2, 0.25) is 0 Å². The van der Waals surface area contributed by atoms with Crippen molar-refractivity contribution in [2.75, 3.05) is 26.8 Å². The molecule has 1 amide bonds. The average molecular weight is 375 g/mol. The van der Waals surface area contributed by atoms with Gasteiger partial charge in [0.25, 0.3) is 5.91 Å². The van der Waals surface area contributed by atoms with Gasteiger partial charge in [0.2, 0.25) is 0 Å². The van der Waals surface area contributed by atoms with Crippen molar-refractivity contribution in [3.8, 4) is 0 Å². The van der Waals surface area contributed by atoms with Gasteiger partial charge in [-0.15, -0.1) is 11.3 Å². The largest absolute Gasteiger partial charge is 0.383 e. The lowest BCUT2D eigenvalue weighted by molar-refractivity contribution is 0.0697. The lowest BCUT2D eigenvalue weighted by Gasteiger charge is -2.22. The molecule has 26 heavy (non-hydrogen) atoms. The first kappa shape index (κ1) is 20.6. The molecular weight excluding hydrogens is 344 g/mol. The molecule has 142 valence electrons. The fourth-order valence-electron chi connectivity index (χ4n) is 2.87. The van der Waals surface area contributed by atoms with Crippen LogP contribution in [0.3, 0.4) is 0 Å². The number of amides is 1. The third kappa shape index (κ3) is 6.22. The summed E-state index contributed by atoms with van der Waals surface area (Å²) in [6.07, 6.45) is 2.83. The number of nitrogens with zero attached hydrogens (tertiary/aromatic N) is 2. The number of carbonyl (C=O) groups excluding carboxylic acids is 1. The Balaban J connectivity index is 2.02. The van der Waals surface area contributed by atoms with E-state index in [2.05, 4.69) is 43.1 Å². The Hall–Kier alpha value is -1.72. The van der Waals surface area contributed by atoms with Crippen LogP contribution < -0.4 is 0 Å². The molecular formula is C21H30N2O2S. The first-order valence-electron chi connectivity index (χ1n) is 9.29. The molecule has 0 aliphatic heterocycles. The molecule has 2 aromatic rings. The van der Waals surface area contributed by atoms with Crippen molar-refractivity contribution < 1.29 is 9.53 Å². The van der Waals surface area contributed by atoms with Crippen LogP contribution in [-0.4, -0.2) is 42.6 Å². The Morgan fingerprint density at radius 1 is 1.23 bits per heavy atom. The van der Waals surface area contributed by atoms with Crippen molar-refractivity contribution >= 4 is 17.2 Å². The first-order valence-corrected chi connectivity index (χ1v) is 10.1. The third-order valence-corrected chi connectivity index (χ3v) is 5.37. The predicted molar refractivity (Wildman–Crippen MR) is 108 cm³/mol. The van der Waals surface area contributed by atoms with Crippen LogP contribution in [0.5, 0.6) is 0 Å². The van der Waals surface area contributed by atoms with Crippen molar-refractivity contribution in [3.05, 3.63) is 51.5 Å². The van der Waals surface area contributed by atoms with E-state index in [1.165, 1.54) is 5.56 Å². The summed E-state index contributed by atoms with van der Waals surface area (Å²) in [6, 6.07) is 10.4. The summed E-state index contributed by atoms with van der Waals surface area (Å²) in [7, 11) is 1.67. The van der Waals surface area contributed by atoms with Crippen LogP contribution in [0, 0.1) is 12.8 Å². The molecule has 1 aromatic heterocycles. The minimum atomic E-state index is 0.0834. The number of benzene rings is 1. The highest BCUT2D eigenvalue weighted by Gasteiger charge is 2.21. The number of ether oxygens (including phenoxy) is 1. The third-order valence-electron chi connectivity index (χ3n) is 4.21. The van der Waals surface area contributed by atoms with Gasteiger partial charge in [0.15, 0.2) is 0 Å². The molecule has 0 radical (unpaired) electrons. The summed E-state index contributed by atoms with van der Waals surface area (Å²) >= 11 is 1.54.